The minimum atomic E-state index is -1.01. The Morgan fingerprint density at radius 1 is 1.08 bits per heavy atom. The highest BCUT2D eigenvalue weighted by Gasteiger charge is 2.24. The van der Waals surface area contributed by atoms with Crippen LogP contribution in [0.15, 0.2) is 59.0 Å². The fraction of sp³-hybridized carbons (Fsp3) is 0.200. The van der Waals surface area contributed by atoms with E-state index in [9.17, 15) is 9.59 Å². The number of para-hydroxylation sites is 1. The molecule has 134 valence electrons. The second kappa shape index (κ2) is 8.10. The van der Waals surface area contributed by atoms with Crippen molar-refractivity contribution in [3.8, 4) is 0 Å². The maximum absolute atomic E-state index is 12.5. The molecule has 0 unspecified atom stereocenters. The number of ether oxygens (including phenoxy) is 1. The van der Waals surface area contributed by atoms with Crippen molar-refractivity contribution in [3.63, 3.8) is 0 Å². The first kappa shape index (κ1) is 18.1. The van der Waals surface area contributed by atoms with Gasteiger partial charge in [0.15, 0.2) is 6.10 Å². The second-order valence-electron chi connectivity index (χ2n) is 5.83. The van der Waals surface area contributed by atoms with Gasteiger partial charge in [-0.15, -0.1) is 0 Å². The lowest BCUT2D eigenvalue weighted by molar-refractivity contribution is -0.125. The van der Waals surface area contributed by atoms with Gasteiger partial charge < -0.3 is 14.9 Å². The number of amides is 1. The summed E-state index contributed by atoms with van der Waals surface area (Å²) in [6.45, 7) is 1.44. The predicted octanol–water partition coefficient (Wildman–Crippen LogP) is 3.90. The summed E-state index contributed by atoms with van der Waals surface area (Å²) < 4.78 is 10.8. The van der Waals surface area contributed by atoms with Gasteiger partial charge in [-0.25, -0.2) is 4.79 Å². The summed E-state index contributed by atoms with van der Waals surface area (Å²) in [7, 11) is 0. The van der Waals surface area contributed by atoms with Crippen LogP contribution >= 0.6 is 11.8 Å². The Labute approximate surface area is 155 Å². The van der Waals surface area contributed by atoms with Crippen LogP contribution in [-0.4, -0.2) is 18.0 Å². The van der Waals surface area contributed by atoms with Crippen LogP contribution in [0, 0.1) is 0 Å². The number of benzene rings is 2. The van der Waals surface area contributed by atoms with Crippen molar-refractivity contribution in [2.24, 2.45) is 5.73 Å². The van der Waals surface area contributed by atoms with Crippen molar-refractivity contribution in [3.05, 3.63) is 71.5 Å². The fourth-order valence-corrected chi connectivity index (χ4v) is 3.55. The Morgan fingerprint density at radius 2 is 1.77 bits per heavy atom. The normalized spacial score (nSPS) is 12.0. The average Bonchev–Trinajstić information content (AvgIpc) is 3.01. The van der Waals surface area contributed by atoms with E-state index in [0.717, 1.165) is 16.7 Å². The Hall–Kier alpha value is -2.73. The fourth-order valence-electron chi connectivity index (χ4n) is 2.52. The van der Waals surface area contributed by atoms with Gasteiger partial charge in [0.05, 0.1) is 0 Å². The van der Waals surface area contributed by atoms with Crippen molar-refractivity contribution in [1.82, 2.24) is 0 Å². The zero-order valence-electron chi connectivity index (χ0n) is 14.3. The van der Waals surface area contributed by atoms with Gasteiger partial charge in [0.1, 0.15) is 5.58 Å². The van der Waals surface area contributed by atoms with Gasteiger partial charge >= 0.3 is 5.97 Å². The molecule has 0 spiro atoms. The Balaban J connectivity index is 1.82. The number of nitrogens with two attached hydrogens (primary N) is 1. The molecule has 0 bridgehead atoms. The first-order valence-corrected chi connectivity index (χ1v) is 9.34. The van der Waals surface area contributed by atoms with Crippen molar-refractivity contribution < 1.29 is 18.7 Å². The molecule has 1 heterocycles. The molecular weight excluding hydrogens is 350 g/mol. The molecule has 0 aliphatic rings. The second-order valence-corrected chi connectivity index (χ2v) is 6.82. The molecule has 1 atom stereocenters. The van der Waals surface area contributed by atoms with E-state index in [0.29, 0.717) is 11.3 Å². The van der Waals surface area contributed by atoms with Gasteiger partial charge in [-0.05, 0) is 18.6 Å². The van der Waals surface area contributed by atoms with Crippen molar-refractivity contribution in [1.29, 1.82) is 0 Å². The Bertz CT molecular complexity index is 920. The average molecular weight is 369 g/mol. The van der Waals surface area contributed by atoms with Crippen LogP contribution in [-0.2, 0) is 21.0 Å². The molecule has 0 saturated heterocycles. The van der Waals surface area contributed by atoms with E-state index in [1.54, 1.807) is 17.8 Å². The van der Waals surface area contributed by atoms with E-state index in [1.807, 2.05) is 36.4 Å². The van der Waals surface area contributed by atoms with E-state index in [1.165, 1.54) is 12.5 Å². The maximum Gasteiger partial charge on any atom is 0.375 e. The Kier molecular flexibility index (Phi) is 5.63. The largest absolute Gasteiger partial charge is 0.449 e. The summed E-state index contributed by atoms with van der Waals surface area (Å²) >= 11 is 1.68. The first-order valence-electron chi connectivity index (χ1n) is 8.18. The summed E-state index contributed by atoms with van der Waals surface area (Å²) in [4.78, 5) is 23.6. The van der Waals surface area contributed by atoms with Crippen LogP contribution in [0.3, 0.4) is 0 Å². The molecule has 1 amide bonds. The number of furan rings is 1. The summed E-state index contributed by atoms with van der Waals surface area (Å²) in [6, 6.07) is 17.5. The van der Waals surface area contributed by atoms with Gasteiger partial charge in [-0.3, -0.25) is 4.79 Å². The molecule has 0 aliphatic carbocycles. The molecule has 3 aromatic rings. The van der Waals surface area contributed by atoms with E-state index >= 15 is 0 Å². The number of hydrogen-bond donors (Lipinski definition) is 1. The lowest BCUT2D eigenvalue weighted by Crippen LogP contribution is -2.30. The van der Waals surface area contributed by atoms with Crippen molar-refractivity contribution >= 4 is 34.6 Å². The van der Waals surface area contributed by atoms with E-state index in [2.05, 4.69) is 12.1 Å². The van der Waals surface area contributed by atoms with Crippen LogP contribution < -0.4 is 5.73 Å². The van der Waals surface area contributed by atoms with Crippen LogP contribution in [0.1, 0.15) is 28.6 Å². The number of hydrogen-bond acceptors (Lipinski definition) is 5. The van der Waals surface area contributed by atoms with E-state index in [4.69, 9.17) is 14.9 Å². The van der Waals surface area contributed by atoms with Crippen LogP contribution in [0.25, 0.3) is 11.0 Å². The molecule has 1 aromatic heterocycles. The highest BCUT2D eigenvalue weighted by molar-refractivity contribution is 7.97. The van der Waals surface area contributed by atoms with Gasteiger partial charge in [-0.1, -0.05) is 48.5 Å². The number of carbonyl (C=O) groups is 2. The number of fused-ring (bicyclic) bond motifs is 1. The SMILES string of the molecule is C[C@H](OC(=O)c1oc2ccccc2c1CSCc1ccccc1)C(N)=O. The topological polar surface area (TPSA) is 82.5 Å². The quantitative estimate of drug-likeness (QED) is 0.639. The first-order chi connectivity index (χ1) is 12.6. The zero-order valence-corrected chi connectivity index (χ0v) is 15.1. The van der Waals surface area contributed by atoms with Gasteiger partial charge in [0.2, 0.25) is 5.76 Å². The molecule has 0 fully saturated rings. The van der Waals surface area contributed by atoms with Gasteiger partial charge in [0, 0.05) is 22.5 Å². The molecule has 26 heavy (non-hydrogen) atoms. The van der Waals surface area contributed by atoms with Gasteiger partial charge in [-0.2, -0.15) is 11.8 Å². The van der Waals surface area contributed by atoms with Crippen LogP contribution in [0.4, 0.5) is 0 Å². The molecule has 2 aromatic carbocycles. The molecule has 3 rings (SSSR count). The number of esters is 1. The third-order valence-corrected chi connectivity index (χ3v) is 4.96. The van der Waals surface area contributed by atoms with E-state index < -0.39 is 18.0 Å². The highest BCUT2D eigenvalue weighted by atomic mass is 32.2. The smallest absolute Gasteiger partial charge is 0.375 e. The number of primary amides is 1. The zero-order chi connectivity index (χ0) is 18.5. The minimum absolute atomic E-state index is 0.125. The lowest BCUT2D eigenvalue weighted by Gasteiger charge is -2.09. The molecule has 6 heteroatoms. The maximum atomic E-state index is 12.5. The van der Waals surface area contributed by atoms with Gasteiger partial charge in [0.25, 0.3) is 5.91 Å². The van der Waals surface area contributed by atoms with Crippen LogP contribution in [0.2, 0.25) is 0 Å². The van der Waals surface area contributed by atoms with Crippen molar-refractivity contribution in [2.45, 2.75) is 24.5 Å². The molecule has 0 radical (unpaired) electrons. The monoisotopic (exact) mass is 369 g/mol. The molecule has 5 nitrogen and oxygen atoms in total. The summed E-state index contributed by atoms with van der Waals surface area (Å²) in [6.07, 6.45) is -1.01. The number of carbonyl (C=O) groups excluding carboxylic acids is 2. The van der Waals surface area contributed by atoms with Crippen LogP contribution in [0.5, 0.6) is 0 Å². The highest BCUT2D eigenvalue weighted by Crippen LogP contribution is 2.31. The third-order valence-electron chi connectivity index (χ3n) is 3.93. The Morgan fingerprint density at radius 3 is 2.50 bits per heavy atom. The standard InChI is InChI=1S/C20H19NO4S/c1-13(19(21)22)24-20(23)18-16(15-9-5-6-10-17(15)25-18)12-26-11-14-7-3-2-4-8-14/h2-10,13H,11-12H2,1H3,(H2,21,22)/t13-/m0/s1. The molecule has 2 N–H and O–H groups in total. The summed E-state index contributed by atoms with van der Waals surface area (Å²) in [5.74, 6) is 0.144. The summed E-state index contributed by atoms with van der Waals surface area (Å²) in [5.41, 5.74) is 7.75. The molecule has 0 saturated carbocycles. The summed E-state index contributed by atoms with van der Waals surface area (Å²) in [5, 5.41) is 0.867. The number of rotatable bonds is 7. The minimum Gasteiger partial charge on any atom is -0.449 e. The lowest BCUT2D eigenvalue weighted by atomic mass is 10.1. The number of thioether (sulfide) groups is 1. The van der Waals surface area contributed by atoms with Crippen molar-refractivity contribution in [2.75, 3.05) is 0 Å². The van der Waals surface area contributed by atoms with E-state index in [-0.39, 0.29) is 5.76 Å². The molecule has 0 aliphatic heterocycles. The molecular formula is C20H19NO4S. The predicted molar refractivity (Wildman–Crippen MR) is 102 cm³/mol. The third kappa shape index (κ3) is 4.08.